The summed E-state index contributed by atoms with van der Waals surface area (Å²) in [4.78, 5) is 18.7. The van der Waals surface area contributed by atoms with Crippen molar-refractivity contribution >= 4 is 28.2 Å². The number of carbonyl (C=O) groups excluding carboxylic acids is 1. The van der Waals surface area contributed by atoms with Crippen LogP contribution in [0.4, 0.5) is 15.8 Å². The molecule has 3 aromatic rings. The van der Waals surface area contributed by atoms with Gasteiger partial charge in [-0.05, 0) is 92.3 Å². The summed E-state index contributed by atoms with van der Waals surface area (Å²) in [5.74, 6) is 1.84. The molecule has 2 aromatic carbocycles. The van der Waals surface area contributed by atoms with Gasteiger partial charge >= 0.3 is 0 Å². The molecule has 0 spiro atoms. The minimum absolute atomic E-state index is 0.000389. The summed E-state index contributed by atoms with van der Waals surface area (Å²) in [5.41, 5.74) is 4.02. The van der Waals surface area contributed by atoms with Crippen molar-refractivity contribution in [1.82, 2.24) is 4.98 Å². The van der Waals surface area contributed by atoms with Gasteiger partial charge in [0.2, 0.25) is 5.91 Å². The maximum Gasteiger partial charge on any atom is 0.227 e. The number of methoxy groups -OCH3 is 1. The number of carbonyl (C=O) groups is 1. The lowest BCUT2D eigenvalue weighted by atomic mass is 9.78. The predicted octanol–water partition coefficient (Wildman–Crippen LogP) is 6.46. The highest BCUT2D eigenvalue weighted by Crippen LogP contribution is 2.40. The Kier molecular flexibility index (Phi) is 6.48. The fraction of sp³-hybridized carbons (Fsp3) is 0.464. The third-order valence-electron chi connectivity index (χ3n) is 7.78. The van der Waals surface area contributed by atoms with E-state index in [-0.39, 0.29) is 17.6 Å². The van der Waals surface area contributed by atoms with Gasteiger partial charge in [0.1, 0.15) is 11.6 Å². The first-order valence-electron chi connectivity index (χ1n) is 12.5. The number of fused-ring (bicyclic) bond motifs is 1. The molecule has 5 nitrogen and oxygen atoms in total. The number of hydrogen-bond acceptors (Lipinski definition) is 3. The zero-order chi connectivity index (χ0) is 23.7. The summed E-state index contributed by atoms with van der Waals surface area (Å²) in [7, 11) is 1.70. The van der Waals surface area contributed by atoms with Crippen molar-refractivity contribution in [1.29, 1.82) is 0 Å². The highest BCUT2D eigenvalue weighted by atomic mass is 19.1. The van der Waals surface area contributed by atoms with Gasteiger partial charge in [0, 0.05) is 41.8 Å². The number of nitrogens with zero attached hydrogens (tertiary/aromatic N) is 1. The fourth-order valence-electron chi connectivity index (χ4n) is 5.63. The van der Waals surface area contributed by atoms with Crippen LogP contribution in [0.5, 0.6) is 5.75 Å². The van der Waals surface area contributed by atoms with Crippen LogP contribution < -0.4 is 15.0 Å². The Morgan fingerprint density at radius 1 is 1.06 bits per heavy atom. The molecule has 1 aromatic heterocycles. The molecular weight excluding hydrogens is 429 g/mol. The normalized spacial score (nSPS) is 21.6. The van der Waals surface area contributed by atoms with Crippen LogP contribution in [0.3, 0.4) is 0 Å². The molecule has 0 radical (unpaired) electrons. The lowest BCUT2D eigenvalue weighted by molar-refractivity contribution is -0.120. The fourth-order valence-corrected chi connectivity index (χ4v) is 5.63. The third kappa shape index (κ3) is 4.63. The molecule has 2 heterocycles. The molecule has 1 aliphatic carbocycles. The Morgan fingerprint density at radius 3 is 2.56 bits per heavy atom. The molecule has 2 aliphatic rings. The van der Waals surface area contributed by atoms with E-state index in [9.17, 15) is 9.18 Å². The zero-order valence-corrected chi connectivity index (χ0v) is 20.1. The Labute approximate surface area is 200 Å². The first-order chi connectivity index (χ1) is 16.5. The molecule has 34 heavy (non-hydrogen) atoms. The summed E-state index contributed by atoms with van der Waals surface area (Å²) in [6.45, 7) is 4.32. The van der Waals surface area contributed by atoms with Gasteiger partial charge in [-0.25, -0.2) is 4.39 Å². The second kappa shape index (κ2) is 9.69. The van der Waals surface area contributed by atoms with Crippen LogP contribution in [0.25, 0.3) is 10.9 Å². The first-order valence-corrected chi connectivity index (χ1v) is 12.5. The Bertz CT molecular complexity index is 1160. The highest BCUT2D eigenvalue weighted by molar-refractivity contribution is 5.93. The van der Waals surface area contributed by atoms with E-state index in [4.69, 9.17) is 4.74 Å². The largest absolute Gasteiger partial charge is 0.495 e. The molecule has 1 saturated heterocycles. The molecule has 0 bridgehead atoms. The van der Waals surface area contributed by atoms with Gasteiger partial charge in [0.05, 0.1) is 12.8 Å². The Hall–Kier alpha value is -3.02. The van der Waals surface area contributed by atoms with Gasteiger partial charge < -0.3 is 19.9 Å². The van der Waals surface area contributed by atoms with E-state index in [0.717, 1.165) is 72.7 Å². The minimum atomic E-state index is -0.209. The number of rotatable bonds is 5. The number of ether oxygens (including phenoxy) is 1. The van der Waals surface area contributed by atoms with Gasteiger partial charge in [-0.2, -0.15) is 0 Å². The third-order valence-corrected chi connectivity index (χ3v) is 7.78. The summed E-state index contributed by atoms with van der Waals surface area (Å²) in [6.07, 6.45) is 7.90. The quantitative estimate of drug-likeness (QED) is 0.456. The lowest BCUT2D eigenvalue weighted by Gasteiger charge is -2.33. The van der Waals surface area contributed by atoms with Crippen molar-refractivity contribution < 1.29 is 13.9 Å². The average Bonchev–Trinajstić information content (AvgIpc) is 3.27. The molecule has 2 N–H and O–H groups in total. The minimum Gasteiger partial charge on any atom is -0.495 e. The number of hydrogen-bond donors (Lipinski definition) is 2. The Morgan fingerprint density at radius 2 is 1.82 bits per heavy atom. The van der Waals surface area contributed by atoms with Gasteiger partial charge in [-0.15, -0.1) is 0 Å². The molecule has 5 rings (SSSR count). The van der Waals surface area contributed by atoms with Crippen LogP contribution in [0.15, 0.2) is 42.6 Å². The molecule has 6 heteroatoms. The highest BCUT2D eigenvalue weighted by Gasteiger charge is 2.29. The second-order valence-corrected chi connectivity index (χ2v) is 10.0. The summed E-state index contributed by atoms with van der Waals surface area (Å²) in [5, 5.41) is 4.12. The lowest BCUT2D eigenvalue weighted by Crippen LogP contribution is -2.33. The standard InChI is InChI=1S/C28H34FN3O2/c1-18-11-13-32(14-12-18)26-16-22(8-10-27(26)34-2)31-28(33)20-5-3-19(4-6-20)24-17-30-25-9-7-21(29)15-23(24)25/h7-10,15-20,30H,3-6,11-14H2,1-2H3,(H,31,33). The van der Waals surface area contributed by atoms with E-state index in [1.54, 1.807) is 19.2 Å². The number of amides is 1. The van der Waals surface area contributed by atoms with Crippen LogP contribution in [-0.2, 0) is 4.79 Å². The van der Waals surface area contributed by atoms with Crippen molar-refractivity contribution in [3.8, 4) is 5.75 Å². The number of benzene rings is 2. The van der Waals surface area contributed by atoms with E-state index in [1.807, 2.05) is 18.3 Å². The van der Waals surface area contributed by atoms with Crippen molar-refractivity contribution in [2.24, 2.45) is 11.8 Å². The van der Waals surface area contributed by atoms with Gasteiger partial charge in [0.25, 0.3) is 0 Å². The maximum atomic E-state index is 13.8. The van der Waals surface area contributed by atoms with Crippen molar-refractivity contribution in [2.45, 2.75) is 51.4 Å². The van der Waals surface area contributed by atoms with Gasteiger partial charge in [-0.3, -0.25) is 4.79 Å². The van der Waals surface area contributed by atoms with Crippen LogP contribution in [0.1, 0.15) is 56.9 Å². The van der Waals surface area contributed by atoms with Crippen LogP contribution in [0.2, 0.25) is 0 Å². The number of aromatic amines is 1. The predicted molar refractivity (Wildman–Crippen MR) is 135 cm³/mol. The van der Waals surface area contributed by atoms with E-state index in [2.05, 4.69) is 28.2 Å². The summed E-state index contributed by atoms with van der Waals surface area (Å²) in [6, 6.07) is 10.8. The van der Waals surface area contributed by atoms with Gasteiger partial charge in [0.15, 0.2) is 0 Å². The van der Waals surface area contributed by atoms with Crippen LogP contribution in [-0.4, -0.2) is 31.1 Å². The SMILES string of the molecule is COc1ccc(NC(=O)C2CCC(c3c[nH]c4ccc(F)cc34)CC2)cc1N1CCC(C)CC1. The summed E-state index contributed by atoms with van der Waals surface area (Å²) < 4.78 is 19.4. The maximum absolute atomic E-state index is 13.8. The molecule has 2 fully saturated rings. The molecule has 0 unspecified atom stereocenters. The number of aromatic nitrogens is 1. The van der Waals surface area contributed by atoms with Crippen molar-refractivity contribution in [2.75, 3.05) is 30.4 Å². The second-order valence-electron chi connectivity index (χ2n) is 10.0. The molecule has 1 aliphatic heterocycles. The number of anilines is 2. The number of halogens is 1. The number of piperidine rings is 1. The van der Waals surface area contributed by atoms with Crippen molar-refractivity contribution in [3.63, 3.8) is 0 Å². The smallest absolute Gasteiger partial charge is 0.227 e. The monoisotopic (exact) mass is 463 g/mol. The number of nitrogens with one attached hydrogen (secondary N) is 2. The van der Waals surface area contributed by atoms with E-state index < -0.39 is 0 Å². The Balaban J connectivity index is 1.23. The average molecular weight is 464 g/mol. The summed E-state index contributed by atoms with van der Waals surface area (Å²) >= 11 is 0. The van der Waals surface area contributed by atoms with E-state index in [1.165, 1.54) is 24.5 Å². The van der Waals surface area contributed by atoms with E-state index in [0.29, 0.717) is 5.92 Å². The molecule has 180 valence electrons. The molecular formula is C28H34FN3O2. The zero-order valence-electron chi connectivity index (χ0n) is 20.1. The van der Waals surface area contributed by atoms with Crippen molar-refractivity contribution in [3.05, 3.63) is 54.0 Å². The first kappa shape index (κ1) is 22.8. The van der Waals surface area contributed by atoms with E-state index >= 15 is 0 Å². The number of H-pyrrole nitrogens is 1. The van der Waals surface area contributed by atoms with Crippen LogP contribution in [0, 0.1) is 17.7 Å². The van der Waals surface area contributed by atoms with Gasteiger partial charge in [-0.1, -0.05) is 6.92 Å². The molecule has 1 amide bonds. The topological polar surface area (TPSA) is 57.4 Å². The molecule has 0 atom stereocenters. The van der Waals surface area contributed by atoms with Crippen LogP contribution >= 0.6 is 0 Å². The molecule has 1 saturated carbocycles.